The molecule has 0 N–H and O–H groups in total. The summed E-state index contributed by atoms with van der Waals surface area (Å²) in [6, 6.07) is 10.3. The molecule has 26 heavy (non-hydrogen) atoms. The summed E-state index contributed by atoms with van der Waals surface area (Å²) in [5, 5.41) is 1.37. The average molecular weight is 430 g/mol. The lowest BCUT2D eigenvalue weighted by atomic mass is 10.2. The summed E-state index contributed by atoms with van der Waals surface area (Å²) in [7, 11) is 0. The molecule has 3 aromatic rings. The molecule has 136 valence electrons. The first kappa shape index (κ1) is 19.4. The van der Waals surface area contributed by atoms with Gasteiger partial charge in [0.1, 0.15) is 0 Å². The summed E-state index contributed by atoms with van der Waals surface area (Å²) in [4.78, 5) is 17.5. The van der Waals surface area contributed by atoms with E-state index in [4.69, 9.17) is 39.5 Å². The molecule has 0 unspecified atom stereocenters. The number of rotatable bonds is 5. The van der Waals surface area contributed by atoms with E-state index in [1.165, 1.54) is 17.4 Å². The number of ether oxygens (including phenoxy) is 1. The lowest BCUT2D eigenvalue weighted by Gasteiger charge is -2.05. The number of hydrogen-bond donors (Lipinski definition) is 0. The smallest absolute Gasteiger partial charge is 0.281 e. The van der Waals surface area contributed by atoms with Crippen LogP contribution in [-0.4, -0.2) is 23.7 Å². The minimum Gasteiger partial charge on any atom is -0.380 e. The lowest BCUT2D eigenvalue weighted by Crippen LogP contribution is -2.19. The molecule has 0 atom stereocenters. The van der Waals surface area contributed by atoms with E-state index >= 15 is 0 Å². The molecule has 8 heteroatoms. The van der Waals surface area contributed by atoms with Gasteiger partial charge in [0, 0.05) is 23.2 Å². The Hall–Kier alpha value is -1.37. The molecule has 0 aliphatic rings. The molecule has 0 aliphatic carbocycles. The van der Waals surface area contributed by atoms with Gasteiger partial charge in [-0.15, -0.1) is 0 Å². The number of nitrogens with zero attached hydrogens (tertiary/aromatic N) is 2. The van der Waals surface area contributed by atoms with E-state index in [-0.39, 0.29) is 5.56 Å². The van der Waals surface area contributed by atoms with Crippen LogP contribution in [0.2, 0.25) is 15.1 Å². The van der Waals surface area contributed by atoms with Crippen molar-refractivity contribution in [3.8, 4) is 0 Å². The molecule has 0 spiro atoms. The molecule has 0 aliphatic heterocycles. The predicted octanol–water partition coefficient (Wildman–Crippen LogP) is 5.44. The fourth-order valence-electron chi connectivity index (χ4n) is 2.46. The second kappa shape index (κ2) is 8.55. The van der Waals surface area contributed by atoms with Gasteiger partial charge in [-0.3, -0.25) is 4.79 Å². The van der Waals surface area contributed by atoms with Crippen LogP contribution in [0.15, 0.2) is 41.4 Å². The summed E-state index contributed by atoms with van der Waals surface area (Å²) in [6.07, 6.45) is 0. The molecule has 2 aromatic carbocycles. The highest BCUT2D eigenvalue weighted by atomic mass is 35.5. The first-order chi connectivity index (χ1) is 12.5. The van der Waals surface area contributed by atoms with Crippen LogP contribution in [-0.2, 0) is 11.3 Å². The highest BCUT2D eigenvalue weighted by Gasteiger charge is 2.13. The molecule has 0 saturated carbocycles. The maximum absolute atomic E-state index is 12.6. The predicted molar refractivity (Wildman–Crippen MR) is 108 cm³/mol. The van der Waals surface area contributed by atoms with Gasteiger partial charge in [0.2, 0.25) is 0 Å². The van der Waals surface area contributed by atoms with Crippen molar-refractivity contribution in [2.45, 2.75) is 13.5 Å². The summed E-state index contributed by atoms with van der Waals surface area (Å²) in [5.74, 6) is -0.444. The Labute approximate surface area is 169 Å². The van der Waals surface area contributed by atoms with Crippen LogP contribution >= 0.6 is 46.1 Å². The number of carbonyl (C=O) groups excluding carboxylic acids is 1. The zero-order chi connectivity index (χ0) is 18.7. The fraction of sp³-hybridized carbons (Fsp3) is 0.222. The highest BCUT2D eigenvalue weighted by molar-refractivity contribution is 7.16. The Kier molecular flexibility index (Phi) is 6.37. The SMILES string of the molecule is CCOCCn1c(=NC(=O)c2cc(Cl)ccc2Cl)sc2cc(Cl)ccc21. The number of fused-ring (bicyclic) bond motifs is 1. The Morgan fingerprint density at radius 2 is 1.88 bits per heavy atom. The second-order valence-corrected chi connectivity index (χ2v) is 7.68. The van der Waals surface area contributed by atoms with Crippen LogP contribution < -0.4 is 4.80 Å². The van der Waals surface area contributed by atoms with Gasteiger partial charge in [-0.05, 0) is 43.3 Å². The van der Waals surface area contributed by atoms with Crippen molar-refractivity contribution >= 4 is 62.3 Å². The summed E-state index contributed by atoms with van der Waals surface area (Å²) >= 11 is 19.6. The van der Waals surface area contributed by atoms with Crippen molar-refractivity contribution in [3.05, 3.63) is 61.8 Å². The van der Waals surface area contributed by atoms with Gasteiger partial charge in [-0.2, -0.15) is 4.99 Å². The maximum atomic E-state index is 12.6. The summed E-state index contributed by atoms with van der Waals surface area (Å²) < 4.78 is 8.34. The van der Waals surface area contributed by atoms with Crippen LogP contribution in [0.4, 0.5) is 0 Å². The number of halogens is 3. The van der Waals surface area contributed by atoms with Crippen LogP contribution in [0.1, 0.15) is 17.3 Å². The van der Waals surface area contributed by atoms with Crippen LogP contribution in [0, 0.1) is 0 Å². The quantitative estimate of drug-likeness (QED) is 0.507. The normalized spacial score (nSPS) is 12.1. The van der Waals surface area contributed by atoms with Gasteiger partial charge in [0.05, 0.1) is 27.4 Å². The van der Waals surface area contributed by atoms with Crippen molar-refractivity contribution in [1.29, 1.82) is 0 Å². The van der Waals surface area contributed by atoms with Crippen molar-refractivity contribution in [2.75, 3.05) is 13.2 Å². The van der Waals surface area contributed by atoms with Crippen molar-refractivity contribution in [3.63, 3.8) is 0 Å². The van der Waals surface area contributed by atoms with Crippen molar-refractivity contribution < 1.29 is 9.53 Å². The van der Waals surface area contributed by atoms with Gasteiger partial charge < -0.3 is 9.30 Å². The number of hydrogen-bond acceptors (Lipinski definition) is 3. The first-order valence-corrected chi connectivity index (χ1v) is 9.85. The second-order valence-electron chi connectivity index (χ2n) is 5.39. The molecule has 1 amide bonds. The van der Waals surface area contributed by atoms with Gasteiger partial charge in [-0.25, -0.2) is 0 Å². The van der Waals surface area contributed by atoms with Crippen molar-refractivity contribution in [1.82, 2.24) is 4.57 Å². The summed E-state index contributed by atoms with van der Waals surface area (Å²) in [5.41, 5.74) is 1.22. The van der Waals surface area contributed by atoms with Crippen LogP contribution in [0.3, 0.4) is 0 Å². The van der Waals surface area contributed by atoms with Crippen LogP contribution in [0.5, 0.6) is 0 Å². The number of aromatic nitrogens is 1. The fourth-order valence-corrected chi connectivity index (χ4v) is 4.16. The topological polar surface area (TPSA) is 43.6 Å². The van der Waals surface area contributed by atoms with Gasteiger partial charge >= 0.3 is 0 Å². The molecular formula is C18H15Cl3N2O2S. The largest absolute Gasteiger partial charge is 0.380 e. The molecule has 0 bridgehead atoms. The third kappa shape index (κ3) is 4.30. The average Bonchev–Trinajstić information content (AvgIpc) is 2.93. The van der Waals surface area contributed by atoms with Gasteiger partial charge in [0.25, 0.3) is 5.91 Å². The molecule has 4 nitrogen and oxygen atoms in total. The Morgan fingerprint density at radius 1 is 1.15 bits per heavy atom. The standard InChI is InChI=1S/C18H15Cl3N2O2S/c1-2-25-8-7-23-15-6-4-12(20)10-16(15)26-18(23)22-17(24)13-9-11(19)3-5-14(13)21/h3-6,9-10H,2,7-8H2,1H3. The van der Waals surface area contributed by atoms with Gasteiger partial charge in [0.15, 0.2) is 4.80 Å². The molecule has 1 heterocycles. The van der Waals surface area contributed by atoms with Gasteiger partial charge in [-0.1, -0.05) is 46.1 Å². The third-order valence-corrected chi connectivity index (χ3v) is 5.51. The highest BCUT2D eigenvalue weighted by Crippen LogP contribution is 2.23. The van der Waals surface area contributed by atoms with E-state index < -0.39 is 5.91 Å². The monoisotopic (exact) mass is 428 g/mol. The third-order valence-electron chi connectivity index (χ3n) is 3.66. The molecule has 0 radical (unpaired) electrons. The van der Waals surface area contributed by atoms with Crippen molar-refractivity contribution in [2.24, 2.45) is 4.99 Å². The summed E-state index contributed by atoms with van der Waals surface area (Å²) in [6.45, 7) is 3.65. The molecule has 1 aromatic heterocycles. The molecule has 0 fully saturated rings. The minimum absolute atomic E-state index is 0.269. The number of thiazole rings is 1. The Morgan fingerprint density at radius 3 is 2.65 bits per heavy atom. The Bertz CT molecular complexity index is 1030. The van der Waals surface area contributed by atoms with E-state index in [0.717, 1.165) is 10.2 Å². The number of carbonyl (C=O) groups is 1. The Balaban J connectivity index is 2.09. The number of amides is 1. The zero-order valence-corrected chi connectivity index (χ0v) is 16.9. The van der Waals surface area contributed by atoms with E-state index in [2.05, 4.69) is 4.99 Å². The minimum atomic E-state index is -0.444. The first-order valence-electron chi connectivity index (χ1n) is 7.90. The maximum Gasteiger partial charge on any atom is 0.281 e. The molecule has 0 saturated heterocycles. The van der Waals surface area contributed by atoms with E-state index in [1.54, 1.807) is 12.1 Å². The zero-order valence-electron chi connectivity index (χ0n) is 13.8. The lowest BCUT2D eigenvalue weighted by molar-refractivity contribution is 0.0997. The number of benzene rings is 2. The van der Waals surface area contributed by atoms with E-state index in [0.29, 0.717) is 39.6 Å². The van der Waals surface area contributed by atoms with E-state index in [1.807, 2.05) is 29.7 Å². The molecule has 3 rings (SSSR count). The van der Waals surface area contributed by atoms with E-state index in [9.17, 15) is 4.79 Å². The molecular weight excluding hydrogens is 415 g/mol. The van der Waals surface area contributed by atoms with Crippen LogP contribution in [0.25, 0.3) is 10.2 Å².